The first-order chi connectivity index (χ1) is 9.25. The number of aryl methyl sites for hydroxylation is 1. The van der Waals surface area contributed by atoms with Crippen molar-refractivity contribution in [2.45, 2.75) is 12.3 Å². The van der Waals surface area contributed by atoms with Gasteiger partial charge in [-0.25, -0.2) is 0 Å². The van der Waals surface area contributed by atoms with Crippen LogP contribution in [0.15, 0.2) is 51.6 Å². The van der Waals surface area contributed by atoms with Crippen LogP contribution in [0.4, 0.5) is 0 Å². The van der Waals surface area contributed by atoms with Crippen LogP contribution in [0, 0.1) is 6.92 Å². The molecule has 1 unspecified atom stereocenters. The quantitative estimate of drug-likeness (QED) is 0.678. The van der Waals surface area contributed by atoms with Crippen LogP contribution >= 0.6 is 11.6 Å². The van der Waals surface area contributed by atoms with Gasteiger partial charge in [-0.2, -0.15) is 4.98 Å². The molecule has 0 saturated heterocycles. The first-order valence-corrected chi connectivity index (χ1v) is 6.26. The van der Waals surface area contributed by atoms with Crippen LogP contribution in [0.5, 0.6) is 0 Å². The summed E-state index contributed by atoms with van der Waals surface area (Å²) >= 11 is 6.33. The Hall–Kier alpha value is -2.07. The van der Waals surface area contributed by atoms with Crippen LogP contribution in [0.25, 0.3) is 11.4 Å². The Labute approximate surface area is 115 Å². The number of furan rings is 1. The smallest absolute Gasteiger partial charge is 0.249 e. The van der Waals surface area contributed by atoms with Crippen LogP contribution in [0.1, 0.15) is 22.6 Å². The molecule has 0 aliphatic heterocycles. The number of nitrogens with zero attached hydrogens (tertiary/aromatic N) is 2. The molecule has 1 aromatic carbocycles. The molecule has 19 heavy (non-hydrogen) atoms. The van der Waals surface area contributed by atoms with Crippen molar-refractivity contribution >= 4 is 11.6 Å². The lowest BCUT2D eigenvalue weighted by Crippen LogP contribution is -1.93. The van der Waals surface area contributed by atoms with E-state index in [-0.39, 0.29) is 0 Å². The number of hydrogen-bond donors (Lipinski definition) is 0. The molecular weight excluding hydrogens is 264 g/mol. The second-order valence-corrected chi connectivity index (χ2v) is 4.56. The van der Waals surface area contributed by atoms with Gasteiger partial charge in [-0.15, -0.1) is 11.6 Å². The lowest BCUT2D eigenvalue weighted by atomic mass is 10.1. The maximum atomic E-state index is 6.33. The van der Waals surface area contributed by atoms with E-state index in [1.807, 2.05) is 37.3 Å². The molecule has 3 rings (SSSR count). The highest BCUT2D eigenvalue weighted by Crippen LogP contribution is 2.29. The van der Waals surface area contributed by atoms with E-state index in [2.05, 4.69) is 10.1 Å². The fourth-order valence-corrected chi connectivity index (χ4v) is 2.06. The average molecular weight is 275 g/mol. The highest BCUT2D eigenvalue weighted by molar-refractivity contribution is 6.22. The summed E-state index contributed by atoms with van der Waals surface area (Å²) in [5, 5.41) is 3.49. The first kappa shape index (κ1) is 12.0. The molecular formula is C14H11ClN2O2. The third kappa shape index (κ3) is 2.27. The topological polar surface area (TPSA) is 52.1 Å². The van der Waals surface area contributed by atoms with Crippen LogP contribution in [-0.4, -0.2) is 10.1 Å². The minimum atomic E-state index is -0.449. The standard InChI is InChI=1S/C14H11ClN2O2/c1-9-11(7-8-18-9)13-16-14(19-17-13)12(15)10-5-3-2-4-6-10/h2-8,12H,1H3. The van der Waals surface area contributed by atoms with Crippen LogP contribution in [0.2, 0.25) is 0 Å². The molecule has 5 heteroatoms. The fraction of sp³-hybridized carbons (Fsp3) is 0.143. The van der Waals surface area contributed by atoms with Gasteiger partial charge in [0.25, 0.3) is 0 Å². The van der Waals surface area contributed by atoms with Gasteiger partial charge < -0.3 is 8.94 Å². The molecule has 3 aromatic rings. The Kier molecular flexibility index (Phi) is 3.09. The molecule has 4 nitrogen and oxygen atoms in total. The summed E-state index contributed by atoms with van der Waals surface area (Å²) in [6.07, 6.45) is 1.59. The summed E-state index contributed by atoms with van der Waals surface area (Å²) in [4.78, 5) is 4.32. The van der Waals surface area contributed by atoms with Gasteiger partial charge in [0.15, 0.2) is 0 Å². The van der Waals surface area contributed by atoms with E-state index >= 15 is 0 Å². The van der Waals surface area contributed by atoms with Gasteiger partial charge in [-0.1, -0.05) is 35.5 Å². The van der Waals surface area contributed by atoms with E-state index < -0.39 is 5.38 Å². The molecule has 0 saturated carbocycles. The zero-order valence-electron chi connectivity index (χ0n) is 10.2. The molecule has 0 fully saturated rings. The number of halogens is 1. The van der Waals surface area contributed by atoms with E-state index in [4.69, 9.17) is 20.5 Å². The maximum absolute atomic E-state index is 6.33. The lowest BCUT2D eigenvalue weighted by molar-refractivity contribution is 0.383. The highest BCUT2D eigenvalue weighted by Gasteiger charge is 2.20. The average Bonchev–Trinajstić information content (AvgIpc) is 3.07. The Morgan fingerprint density at radius 3 is 2.63 bits per heavy atom. The summed E-state index contributed by atoms with van der Waals surface area (Å²) in [5.41, 5.74) is 1.73. The Morgan fingerprint density at radius 2 is 1.95 bits per heavy atom. The summed E-state index contributed by atoms with van der Waals surface area (Å²) in [5.74, 6) is 1.62. The largest absolute Gasteiger partial charge is 0.469 e. The number of rotatable bonds is 3. The van der Waals surface area contributed by atoms with Gasteiger partial charge >= 0.3 is 0 Å². The lowest BCUT2D eigenvalue weighted by Gasteiger charge is -2.03. The second-order valence-electron chi connectivity index (χ2n) is 4.12. The summed E-state index contributed by atoms with van der Waals surface area (Å²) in [6.45, 7) is 1.85. The van der Waals surface area contributed by atoms with Gasteiger partial charge in [0, 0.05) is 0 Å². The Bertz CT molecular complexity index is 676. The van der Waals surface area contributed by atoms with Crippen molar-refractivity contribution < 1.29 is 8.94 Å². The van der Waals surface area contributed by atoms with E-state index in [0.717, 1.165) is 16.9 Å². The van der Waals surface area contributed by atoms with Gasteiger partial charge in [-0.3, -0.25) is 0 Å². The third-order valence-corrected chi connectivity index (χ3v) is 3.29. The van der Waals surface area contributed by atoms with Crippen molar-refractivity contribution in [2.75, 3.05) is 0 Å². The Balaban J connectivity index is 1.92. The van der Waals surface area contributed by atoms with Crippen molar-refractivity contribution in [1.29, 1.82) is 0 Å². The fourth-order valence-electron chi connectivity index (χ4n) is 1.83. The van der Waals surface area contributed by atoms with Crippen LogP contribution in [-0.2, 0) is 0 Å². The molecule has 2 aromatic heterocycles. The van der Waals surface area contributed by atoms with Crippen molar-refractivity contribution in [3.63, 3.8) is 0 Å². The van der Waals surface area contributed by atoms with E-state index in [0.29, 0.717) is 11.7 Å². The predicted octanol–water partition coefficient (Wildman–Crippen LogP) is 3.97. The van der Waals surface area contributed by atoms with E-state index in [1.165, 1.54) is 0 Å². The van der Waals surface area contributed by atoms with Crippen LogP contribution < -0.4 is 0 Å². The third-order valence-electron chi connectivity index (χ3n) is 2.85. The van der Waals surface area contributed by atoms with Gasteiger partial charge in [0.2, 0.25) is 11.7 Å². The molecule has 0 spiro atoms. The maximum Gasteiger partial charge on any atom is 0.249 e. The number of benzene rings is 1. The summed E-state index contributed by atoms with van der Waals surface area (Å²) in [6, 6.07) is 11.4. The molecule has 2 heterocycles. The molecule has 0 aliphatic rings. The molecule has 0 N–H and O–H groups in total. The Morgan fingerprint density at radius 1 is 1.16 bits per heavy atom. The van der Waals surface area contributed by atoms with E-state index in [9.17, 15) is 0 Å². The van der Waals surface area contributed by atoms with Crippen LogP contribution in [0.3, 0.4) is 0 Å². The number of alkyl halides is 1. The minimum Gasteiger partial charge on any atom is -0.469 e. The SMILES string of the molecule is Cc1occc1-c1noc(C(Cl)c2ccccc2)n1. The monoisotopic (exact) mass is 274 g/mol. The number of hydrogen-bond acceptors (Lipinski definition) is 4. The molecule has 0 radical (unpaired) electrons. The van der Waals surface area contributed by atoms with Crippen molar-refractivity contribution in [1.82, 2.24) is 10.1 Å². The number of aromatic nitrogens is 2. The molecule has 0 amide bonds. The summed E-state index contributed by atoms with van der Waals surface area (Å²) in [7, 11) is 0. The van der Waals surface area contributed by atoms with Gasteiger partial charge in [-0.05, 0) is 18.6 Å². The van der Waals surface area contributed by atoms with Crippen molar-refractivity contribution in [2.24, 2.45) is 0 Å². The zero-order valence-corrected chi connectivity index (χ0v) is 11.0. The molecule has 1 atom stereocenters. The normalized spacial score (nSPS) is 12.5. The highest BCUT2D eigenvalue weighted by atomic mass is 35.5. The first-order valence-electron chi connectivity index (χ1n) is 5.83. The van der Waals surface area contributed by atoms with Crippen molar-refractivity contribution in [3.05, 3.63) is 59.9 Å². The predicted molar refractivity (Wildman–Crippen MR) is 70.9 cm³/mol. The van der Waals surface area contributed by atoms with Crippen molar-refractivity contribution in [3.8, 4) is 11.4 Å². The van der Waals surface area contributed by atoms with E-state index in [1.54, 1.807) is 12.3 Å². The van der Waals surface area contributed by atoms with Gasteiger partial charge in [0.05, 0.1) is 11.8 Å². The molecule has 0 aliphatic carbocycles. The molecule has 0 bridgehead atoms. The zero-order chi connectivity index (χ0) is 13.2. The second kappa shape index (κ2) is 4.90. The molecule has 96 valence electrons. The van der Waals surface area contributed by atoms with Gasteiger partial charge in [0.1, 0.15) is 11.1 Å². The minimum absolute atomic E-state index is 0.378. The summed E-state index contributed by atoms with van der Waals surface area (Å²) < 4.78 is 10.4.